The molecule has 24 heavy (non-hydrogen) atoms. The summed E-state index contributed by atoms with van der Waals surface area (Å²) < 4.78 is 5.42. The van der Waals surface area contributed by atoms with Crippen molar-refractivity contribution in [2.45, 2.75) is 51.4 Å². The second-order valence-corrected chi connectivity index (χ2v) is 6.42. The molecule has 2 rings (SSSR count). The number of nitrogens with zero attached hydrogens (tertiary/aromatic N) is 3. The van der Waals surface area contributed by atoms with E-state index in [1.807, 2.05) is 13.8 Å². The molecular formula is C16H27N5O3. The predicted octanol–water partition coefficient (Wildman–Crippen LogP) is 1.61. The number of carbonyl (C=O) groups is 2. The van der Waals surface area contributed by atoms with Gasteiger partial charge in [-0.2, -0.15) is 4.98 Å². The maximum Gasteiger partial charge on any atom is 0.317 e. The Morgan fingerprint density at radius 2 is 2.17 bits per heavy atom. The topological polar surface area (TPSA) is 100 Å². The number of amides is 3. The highest BCUT2D eigenvalue weighted by Gasteiger charge is 2.22. The Morgan fingerprint density at radius 1 is 1.38 bits per heavy atom. The van der Waals surface area contributed by atoms with Crippen molar-refractivity contribution in [3.8, 4) is 0 Å². The molecule has 8 nitrogen and oxygen atoms in total. The summed E-state index contributed by atoms with van der Waals surface area (Å²) in [5.41, 5.74) is 0. The minimum atomic E-state index is -0.154. The summed E-state index contributed by atoms with van der Waals surface area (Å²) in [5, 5.41) is 9.55. The number of urea groups is 1. The van der Waals surface area contributed by atoms with E-state index < -0.39 is 0 Å². The Kier molecular flexibility index (Phi) is 6.57. The van der Waals surface area contributed by atoms with Crippen molar-refractivity contribution in [1.29, 1.82) is 0 Å². The van der Waals surface area contributed by atoms with E-state index in [4.69, 9.17) is 4.52 Å². The average Bonchev–Trinajstić information content (AvgIpc) is 3.04. The minimum Gasteiger partial charge on any atom is -0.356 e. The summed E-state index contributed by atoms with van der Waals surface area (Å²) in [6.07, 6.45) is 2.73. The monoisotopic (exact) mass is 337 g/mol. The molecule has 1 aliphatic heterocycles. The van der Waals surface area contributed by atoms with Gasteiger partial charge in [-0.3, -0.25) is 4.79 Å². The zero-order valence-corrected chi connectivity index (χ0v) is 14.7. The quantitative estimate of drug-likeness (QED) is 0.854. The minimum absolute atomic E-state index is 0.0436. The van der Waals surface area contributed by atoms with Gasteiger partial charge in [0.2, 0.25) is 11.8 Å². The van der Waals surface area contributed by atoms with Gasteiger partial charge in [-0.1, -0.05) is 19.0 Å². The maximum absolute atomic E-state index is 11.9. The number of rotatable bonds is 2. The molecule has 1 unspecified atom stereocenters. The molecule has 0 bridgehead atoms. The standard InChI is InChI=1S/C16H27N5O3/c1-11(2)14-19-15(24-20-14)12-5-4-9-21(16(23)17-3)10-7-13(22)18-8-6-12/h11-12H,4-10H2,1-3H3,(H,17,23)(H,18,22). The van der Waals surface area contributed by atoms with Gasteiger partial charge < -0.3 is 20.1 Å². The fourth-order valence-corrected chi connectivity index (χ4v) is 2.75. The van der Waals surface area contributed by atoms with Gasteiger partial charge in [0, 0.05) is 44.9 Å². The van der Waals surface area contributed by atoms with Crippen LogP contribution in [0, 0.1) is 0 Å². The van der Waals surface area contributed by atoms with Crippen molar-refractivity contribution in [2.75, 3.05) is 26.7 Å². The van der Waals surface area contributed by atoms with Crippen LogP contribution in [0.4, 0.5) is 4.79 Å². The lowest BCUT2D eigenvalue weighted by atomic mass is 9.99. The van der Waals surface area contributed by atoms with Crippen LogP contribution in [0.5, 0.6) is 0 Å². The van der Waals surface area contributed by atoms with Crippen LogP contribution in [0.3, 0.4) is 0 Å². The molecule has 1 aliphatic rings. The van der Waals surface area contributed by atoms with E-state index in [2.05, 4.69) is 20.8 Å². The van der Waals surface area contributed by atoms with E-state index in [1.54, 1.807) is 11.9 Å². The van der Waals surface area contributed by atoms with Crippen LogP contribution in [-0.4, -0.2) is 53.7 Å². The Morgan fingerprint density at radius 3 is 2.83 bits per heavy atom. The smallest absolute Gasteiger partial charge is 0.317 e. The number of aromatic nitrogens is 2. The maximum atomic E-state index is 11.9. The fourth-order valence-electron chi connectivity index (χ4n) is 2.75. The van der Waals surface area contributed by atoms with Gasteiger partial charge in [0.05, 0.1) is 0 Å². The summed E-state index contributed by atoms with van der Waals surface area (Å²) in [7, 11) is 1.60. The van der Waals surface area contributed by atoms with E-state index in [0.29, 0.717) is 37.8 Å². The predicted molar refractivity (Wildman–Crippen MR) is 88.6 cm³/mol. The summed E-state index contributed by atoms with van der Waals surface area (Å²) in [5.74, 6) is 1.59. The first kappa shape index (κ1) is 18.2. The van der Waals surface area contributed by atoms with E-state index in [-0.39, 0.29) is 23.8 Å². The lowest BCUT2D eigenvalue weighted by Crippen LogP contribution is -2.40. The van der Waals surface area contributed by atoms with Gasteiger partial charge in [0.1, 0.15) is 0 Å². The van der Waals surface area contributed by atoms with Crippen molar-refractivity contribution in [3.05, 3.63) is 11.7 Å². The zero-order valence-electron chi connectivity index (χ0n) is 14.7. The third kappa shape index (κ3) is 4.94. The lowest BCUT2D eigenvalue weighted by Gasteiger charge is -2.21. The lowest BCUT2D eigenvalue weighted by molar-refractivity contribution is -0.121. The molecule has 0 saturated carbocycles. The summed E-state index contributed by atoms with van der Waals surface area (Å²) in [4.78, 5) is 29.9. The van der Waals surface area contributed by atoms with Gasteiger partial charge in [0.15, 0.2) is 5.82 Å². The number of nitrogens with one attached hydrogen (secondary N) is 2. The molecule has 1 fully saturated rings. The molecule has 1 aromatic rings. The molecule has 1 atom stereocenters. The van der Waals surface area contributed by atoms with Crippen LogP contribution in [0.1, 0.15) is 63.1 Å². The van der Waals surface area contributed by atoms with Crippen LogP contribution in [-0.2, 0) is 4.79 Å². The SMILES string of the molecule is CNC(=O)N1CCCC(c2nc(C(C)C)no2)CCNC(=O)CC1. The highest BCUT2D eigenvalue weighted by Crippen LogP contribution is 2.25. The number of hydrogen-bond donors (Lipinski definition) is 2. The molecule has 1 saturated heterocycles. The molecule has 0 spiro atoms. The van der Waals surface area contributed by atoms with Crippen LogP contribution >= 0.6 is 0 Å². The van der Waals surface area contributed by atoms with Gasteiger partial charge in [-0.25, -0.2) is 4.79 Å². The highest BCUT2D eigenvalue weighted by molar-refractivity contribution is 5.78. The molecule has 3 amide bonds. The molecule has 2 N–H and O–H groups in total. The van der Waals surface area contributed by atoms with Crippen LogP contribution in [0.15, 0.2) is 4.52 Å². The second kappa shape index (κ2) is 8.65. The third-order valence-corrected chi connectivity index (χ3v) is 4.23. The van der Waals surface area contributed by atoms with Gasteiger partial charge >= 0.3 is 6.03 Å². The van der Waals surface area contributed by atoms with Crippen molar-refractivity contribution in [2.24, 2.45) is 0 Å². The number of carbonyl (C=O) groups excluding carboxylic acids is 2. The summed E-state index contributed by atoms with van der Waals surface area (Å²) in [6, 6.07) is -0.154. The first-order valence-electron chi connectivity index (χ1n) is 8.58. The molecule has 0 aliphatic carbocycles. The zero-order chi connectivity index (χ0) is 17.5. The van der Waals surface area contributed by atoms with E-state index >= 15 is 0 Å². The van der Waals surface area contributed by atoms with Crippen molar-refractivity contribution < 1.29 is 14.1 Å². The van der Waals surface area contributed by atoms with Crippen molar-refractivity contribution in [3.63, 3.8) is 0 Å². The first-order valence-corrected chi connectivity index (χ1v) is 8.58. The normalized spacial score (nSPS) is 20.4. The highest BCUT2D eigenvalue weighted by atomic mass is 16.5. The second-order valence-electron chi connectivity index (χ2n) is 6.42. The molecule has 134 valence electrons. The molecular weight excluding hydrogens is 310 g/mol. The largest absolute Gasteiger partial charge is 0.356 e. The van der Waals surface area contributed by atoms with Crippen molar-refractivity contribution >= 4 is 11.9 Å². The van der Waals surface area contributed by atoms with Crippen LogP contribution in [0.2, 0.25) is 0 Å². The molecule has 8 heteroatoms. The molecule has 0 radical (unpaired) electrons. The summed E-state index contributed by atoms with van der Waals surface area (Å²) >= 11 is 0. The Balaban J connectivity index is 2.06. The Labute approximate surface area is 142 Å². The van der Waals surface area contributed by atoms with Gasteiger partial charge in [-0.05, 0) is 19.3 Å². The molecule has 2 heterocycles. The van der Waals surface area contributed by atoms with E-state index in [1.165, 1.54) is 0 Å². The van der Waals surface area contributed by atoms with E-state index in [0.717, 1.165) is 19.3 Å². The van der Waals surface area contributed by atoms with Crippen molar-refractivity contribution in [1.82, 2.24) is 25.7 Å². The molecule has 1 aromatic heterocycles. The number of hydrogen-bond acceptors (Lipinski definition) is 5. The van der Waals surface area contributed by atoms with Crippen LogP contribution in [0.25, 0.3) is 0 Å². The summed E-state index contributed by atoms with van der Waals surface area (Å²) in [6.45, 7) is 5.65. The van der Waals surface area contributed by atoms with Gasteiger partial charge in [0.25, 0.3) is 0 Å². The first-order chi connectivity index (χ1) is 11.5. The van der Waals surface area contributed by atoms with Gasteiger partial charge in [-0.15, -0.1) is 0 Å². The fraction of sp³-hybridized carbons (Fsp3) is 0.750. The van der Waals surface area contributed by atoms with Crippen LogP contribution < -0.4 is 10.6 Å². The van der Waals surface area contributed by atoms with E-state index in [9.17, 15) is 9.59 Å². The third-order valence-electron chi connectivity index (χ3n) is 4.23. The molecule has 0 aromatic carbocycles. The Hall–Kier alpha value is -2.12. The Bertz CT molecular complexity index is 558. The average molecular weight is 337 g/mol.